The monoisotopic (exact) mass is 215 g/mol. The maximum absolute atomic E-state index is 9.85. The molecule has 1 rings (SSSR count). The van der Waals surface area contributed by atoms with Gasteiger partial charge >= 0.3 is 0 Å². The summed E-state index contributed by atoms with van der Waals surface area (Å²) < 4.78 is 0. The molecule has 0 amide bonds. The average molecular weight is 216 g/mol. The van der Waals surface area contributed by atoms with Crippen molar-refractivity contribution < 1.29 is 5.11 Å². The van der Waals surface area contributed by atoms with Crippen LogP contribution >= 0.6 is 11.6 Å². The maximum Gasteiger partial charge on any atom is 0.0673 e. The van der Waals surface area contributed by atoms with Crippen LogP contribution in [0.2, 0.25) is 0 Å². The standard InChI is InChI=1S/C11H18ClNO/c1-11(14)7-9(8-13)10(11)5-3-2-4-6-12/h9-10,14H,2-7H2,1H3/t9-,10-,11+/m1/s1. The summed E-state index contributed by atoms with van der Waals surface area (Å²) in [5, 5.41) is 18.7. The van der Waals surface area contributed by atoms with Gasteiger partial charge in [0.2, 0.25) is 0 Å². The van der Waals surface area contributed by atoms with E-state index in [4.69, 9.17) is 16.9 Å². The molecule has 2 nitrogen and oxygen atoms in total. The Bertz CT molecular complexity index is 222. The van der Waals surface area contributed by atoms with Crippen LogP contribution in [0.3, 0.4) is 0 Å². The first-order valence-corrected chi connectivity index (χ1v) is 5.83. The van der Waals surface area contributed by atoms with Gasteiger partial charge in [-0.15, -0.1) is 11.6 Å². The molecule has 0 aromatic rings. The summed E-state index contributed by atoms with van der Waals surface area (Å²) in [5.41, 5.74) is -0.596. The van der Waals surface area contributed by atoms with Gasteiger partial charge < -0.3 is 5.11 Å². The topological polar surface area (TPSA) is 44.0 Å². The lowest BCUT2D eigenvalue weighted by Crippen LogP contribution is -2.51. The summed E-state index contributed by atoms with van der Waals surface area (Å²) in [6.07, 6.45) is 4.82. The van der Waals surface area contributed by atoms with Crippen LogP contribution in [-0.4, -0.2) is 16.6 Å². The van der Waals surface area contributed by atoms with Crippen molar-refractivity contribution >= 4 is 11.6 Å². The van der Waals surface area contributed by atoms with Crippen molar-refractivity contribution in [1.82, 2.24) is 0 Å². The Kier molecular flexibility index (Phi) is 4.22. The van der Waals surface area contributed by atoms with Crippen LogP contribution in [0.15, 0.2) is 0 Å². The molecular weight excluding hydrogens is 198 g/mol. The van der Waals surface area contributed by atoms with Gasteiger partial charge in [0.1, 0.15) is 0 Å². The molecule has 0 radical (unpaired) electrons. The van der Waals surface area contributed by atoms with Crippen LogP contribution < -0.4 is 0 Å². The van der Waals surface area contributed by atoms with Crippen molar-refractivity contribution in [3.05, 3.63) is 0 Å². The van der Waals surface area contributed by atoms with Crippen molar-refractivity contribution in [2.24, 2.45) is 11.8 Å². The van der Waals surface area contributed by atoms with Crippen molar-refractivity contribution in [3.63, 3.8) is 0 Å². The van der Waals surface area contributed by atoms with Gasteiger partial charge in [-0.1, -0.05) is 12.8 Å². The molecule has 1 N–H and O–H groups in total. The van der Waals surface area contributed by atoms with E-state index in [0.29, 0.717) is 12.3 Å². The molecule has 0 spiro atoms. The second kappa shape index (κ2) is 5.00. The molecule has 0 unspecified atom stereocenters. The Balaban J connectivity index is 2.25. The van der Waals surface area contributed by atoms with E-state index in [1.165, 1.54) is 0 Å². The van der Waals surface area contributed by atoms with Crippen LogP contribution in [0.25, 0.3) is 0 Å². The molecular formula is C11H18ClNO. The van der Waals surface area contributed by atoms with Gasteiger partial charge in [-0.05, 0) is 26.2 Å². The number of hydrogen-bond donors (Lipinski definition) is 1. The third-order valence-corrected chi connectivity index (χ3v) is 3.50. The number of unbranched alkanes of at least 4 members (excludes halogenated alkanes) is 2. The highest BCUT2D eigenvalue weighted by Crippen LogP contribution is 2.46. The molecule has 0 bridgehead atoms. The largest absolute Gasteiger partial charge is 0.390 e. The fraction of sp³-hybridized carbons (Fsp3) is 0.909. The molecule has 1 saturated carbocycles. The Labute approximate surface area is 90.9 Å². The smallest absolute Gasteiger partial charge is 0.0673 e. The fourth-order valence-electron chi connectivity index (χ4n) is 2.30. The minimum atomic E-state index is -0.596. The summed E-state index contributed by atoms with van der Waals surface area (Å²) in [5.74, 6) is 0.965. The van der Waals surface area contributed by atoms with Crippen LogP contribution in [0.4, 0.5) is 0 Å². The zero-order chi connectivity index (χ0) is 10.6. The molecule has 0 aromatic heterocycles. The van der Waals surface area contributed by atoms with Gasteiger partial charge in [-0.25, -0.2) is 0 Å². The average Bonchev–Trinajstić information content (AvgIpc) is 2.14. The molecule has 80 valence electrons. The van der Waals surface area contributed by atoms with Crippen LogP contribution in [0.5, 0.6) is 0 Å². The minimum Gasteiger partial charge on any atom is -0.390 e. The van der Waals surface area contributed by atoms with Gasteiger partial charge in [0.25, 0.3) is 0 Å². The number of rotatable bonds is 5. The molecule has 0 aliphatic heterocycles. The SMILES string of the molecule is C[C@]1(O)C[C@H](C#N)[C@H]1CCCCCCl. The number of hydrogen-bond acceptors (Lipinski definition) is 2. The lowest BCUT2D eigenvalue weighted by molar-refractivity contribution is -0.109. The molecule has 1 aliphatic carbocycles. The zero-order valence-corrected chi connectivity index (χ0v) is 9.43. The predicted octanol–water partition coefficient (Wildman–Crippen LogP) is 2.70. The van der Waals surface area contributed by atoms with Gasteiger partial charge in [0.15, 0.2) is 0 Å². The summed E-state index contributed by atoms with van der Waals surface area (Å²) in [6, 6.07) is 2.26. The highest BCUT2D eigenvalue weighted by atomic mass is 35.5. The van der Waals surface area contributed by atoms with Crippen molar-refractivity contribution in [1.29, 1.82) is 5.26 Å². The molecule has 0 aromatic carbocycles. The lowest BCUT2D eigenvalue weighted by atomic mass is 9.61. The van der Waals surface area contributed by atoms with E-state index in [-0.39, 0.29) is 11.8 Å². The van der Waals surface area contributed by atoms with E-state index in [0.717, 1.165) is 25.7 Å². The van der Waals surface area contributed by atoms with Gasteiger partial charge in [0.05, 0.1) is 17.6 Å². The van der Waals surface area contributed by atoms with E-state index in [2.05, 4.69) is 6.07 Å². The first-order valence-electron chi connectivity index (χ1n) is 5.30. The lowest BCUT2D eigenvalue weighted by Gasteiger charge is -2.47. The number of alkyl halides is 1. The first kappa shape index (κ1) is 11.8. The highest BCUT2D eigenvalue weighted by Gasteiger charge is 2.48. The van der Waals surface area contributed by atoms with Crippen molar-refractivity contribution in [3.8, 4) is 6.07 Å². The molecule has 3 atom stereocenters. The summed E-state index contributed by atoms with van der Waals surface area (Å²) in [4.78, 5) is 0. The molecule has 0 heterocycles. The van der Waals surface area contributed by atoms with Crippen LogP contribution in [0.1, 0.15) is 39.0 Å². The van der Waals surface area contributed by atoms with Gasteiger partial charge in [0, 0.05) is 11.8 Å². The van der Waals surface area contributed by atoms with Crippen molar-refractivity contribution in [2.75, 3.05) is 5.88 Å². The molecule has 1 aliphatic rings. The number of nitrogens with zero attached hydrogens (tertiary/aromatic N) is 1. The Hall–Kier alpha value is -0.260. The van der Waals surface area contributed by atoms with Crippen molar-refractivity contribution in [2.45, 2.75) is 44.6 Å². The van der Waals surface area contributed by atoms with Gasteiger partial charge in [-0.3, -0.25) is 0 Å². The zero-order valence-electron chi connectivity index (χ0n) is 8.67. The molecule has 0 saturated heterocycles. The number of nitriles is 1. The summed E-state index contributed by atoms with van der Waals surface area (Å²) >= 11 is 5.57. The first-order chi connectivity index (χ1) is 6.61. The fourth-order valence-corrected chi connectivity index (χ4v) is 2.48. The number of aliphatic hydroxyl groups is 1. The third kappa shape index (κ3) is 2.62. The normalized spacial score (nSPS) is 36.1. The van der Waals surface area contributed by atoms with Crippen LogP contribution in [0, 0.1) is 23.2 Å². The van der Waals surface area contributed by atoms with E-state index >= 15 is 0 Å². The Morgan fingerprint density at radius 3 is 2.71 bits per heavy atom. The number of halogens is 1. The molecule has 14 heavy (non-hydrogen) atoms. The van der Waals surface area contributed by atoms with E-state index in [9.17, 15) is 5.11 Å². The second-order valence-electron chi connectivity index (χ2n) is 4.44. The maximum atomic E-state index is 9.85. The van der Waals surface area contributed by atoms with E-state index < -0.39 is 5.60 Å². The summed E-state index contributed by atoms with van der Waals surface area (Å²) in [7, 11) is 0. The minimum absolute atomic E-state index is 0.0704. The second-order valence-corrected chi connectivity index (χ2v) is 4.82. The van der Waals surface area contributed by atoms with Gasteiger partial charge in [-0.2, -0.15) is 5.26 Å². The van der Waals surface area contributed by atoms with E-state index in [1.54, 1.807) is 0 Å². The van der Waals surface area contributed by atoms with Crippen LogP contribution in [-0.2, 0) is 0 Å². The highest BCUT2D eigenvalue weighted by molar-refractivity contribution is 6.17. The third-order valence-electron chi connectivity index (χ3n) is 3.23. The summed E-state index contributed by atoms with van der Waals surface area (Å²) in [6.45, 7) is 1.84. The molecule has 3 heteroatoms. The van der Waals surface area contributed by atoms with E-state index in [1.807, 2.05) is 6.92 Å². The quantitative estimate of drug-likeness (QED) is 0.566. The Morgan fingerprint density at radius 2 is 2.21 bits per heavy atom. The molecule has 1 fully saturated rings. The predicted molar refractivity (Wildman–Crippen MR) is 57.0 cm³/mol. The Morgan fingerprint density at radius 1 is 1.50 bits per heavy atom.